The fourth-order valence-corrected chi connectivity index (χ4v) is 1.08. The van der Waals surface area contributed by atoms with Gasteiger partial charge in [-0.15, -0.1) is 0 Å². The minimum absolute atomic E-state index is 0. The molecule has 1 aliphatic rings. The highest BCUT2D eigenvalue weighted by Gasteiger charge is 2.01. The van der Waals surface area contributed by atoms with Crippen LogP contribution in [0.2, 0.25) is 0 Å². The average molecular weight is 264 g/mol. The summed E-state index contributed by atoms with van der Waals surface area (Å²) < 4.78 is 7.25. The molecule has 2 rings (SSSR count). The van der Waals surface area contributed by atoms with Gasteiger partial charge in [0.05, 0.1) is 25.9 Å². The SMILES string of the molecule is C1COOOC1.CCOc1cccc[n+]1C.[Cl-]. The number of pyridine rings is 1. The first-order valence-corrected chi connectivity index (χ1v) is 5.33. The van der Waals surface area contributed by atoms with Crippen LogP contribution in [0.15, 0.2) is 24.4 Å². The van der Waals surface area contributed by atoms with Gasteiger partial charge in [0.2, 0.25) is 0 Å². The Kier molecular flexibility index (Phi) is 9.75. The van der Waals surface area contributed by atoms with E-state index in [1.165, 1.54) is 0 Å². The first-order valence-electron chi connectivity index (χ1n) is 5.33. The van der Waals surface area contributed by atoms with E-state index in [4.69, 9.17) is 4.74 Å². The highest BCUT2D eigenvalue weighted by molar-refractivity contribution is 5.01. The fraction of sp³-hybridized carbons (Fsp3) is 0.545. The molecule has 6 heteroatoms. The van der Waals surface area contributed by atoms with Gasteiger partial charge in [-0.2, -0.15) is 4.57 Å². The molecule has 0 amide bonds. The molecule has 17 heavy (non-hydrogen) atoms. The zero-order valence-corrected chi connectivity index (χ0v) is 10.9. The van der Waals surface area contributed by atoms with Gasteiger partial charge in [-0.3, -0.25) is 0 Å². The van der Waals surface area contributed by atoms with E-state index in [9.17, 15) is 0 Å². The summed E-state index contributed by atoms with van der Waals surface area (Å²) >= 11 is 0. The van der Waals surface area contributed by atoms with Crippen LogP contribution in [0.4, 0.5) is 0 Å². The highest BCUT2D eigenvalue weighted by Crippen LogP contribution is 1.98. The lowest BCUT2D eigenvalue weighted by Crippen LogP contribution is -3.00. The van der Waals surface area contributed by atoms with Crippen molar-refractivity contribution in [2.75, 3.05) is 19.8 Å². The van der Waals surface area contributed by atoms with Crippen molar-refractivity contribution in [1.29, 1.82) is 0 Å². The molecule has 0 aliphatic carbocycles. The number of hydrogen-bond donors (Lipinski definition) is 0. The summed E-state index contributed by atoms with van der Waals surface area (Å²) in [5.74, 6) is 0.907. The van der Waals surface area contributed by atoms with Gasteiger partial charge in [0.1, 0.15) is 7.05 Å². The van der Waals surface area contributed by atoms with Crippen molar-refractivity contribution < 1.29 is 36.5 Å². The maximum Gasteiger partial charge on any atom is 0.367 e. The molecule has 1 aliphatic heterocycles. The van der Waals surface area contributed by atoms with Crippen molar-refractivity contribution in [1.82, 2.24) is 0 Å². The molecule has 0 aromatic carbocycles. The summed E-state index contributed by atoms with van der Waals surface area (Å²) in [5, 5.41) is 4.07. The quantitative estimate of drug-likeness (QED) is 0.466. The topological polar surface area (TPSA) is 40.8 Å². The zero-order valence-electron chi connectivity index (χ0n) is 10.1. The Morgan fingerprint density at radius 1 is 1.29 bits per heavy atom. The predicted molar refractivity (Wildman–Crippen MR) is 56.4 cm³/mol. The van der Waals surface area contributed by atoms with Gasteiger partial charge >= 0.3 is 5.88 Å². The molecule has 1 saturated heterocycles. The van der Waals surface area contributed by atoms with E-state index >= 15 is 0 Å². The molecule has 1 aromatic heterocycles. The fourth-order valence-electron chi connectivity index (χ4n) is 1.08. The third-order valence-corrected chi connectivity index (χ3v) is 1.85. The van der Waals surface area contributed by atoms with Gasteiger partial charge in [-0.25, -0.2) is 9.78 Å². The molecular formula is C11H18ClNO4. The van der Waals surface area contributed by atoms with Gasteiger partial charge < -0.3 is 17.1 Å². The van der Waals surface area contributed by atoms with E-state index in [0.717, 1.165) is 18.9 Å². The molecule has 0 saturated carbocycles. The van der Waals surface area contributed by atoms with E-state index in [1.807, 2.05) is 42.9 Å². The normalized spacial score (nSPS) is 14.0. The number of aryl methyl sites for hydroxylation is 1. The molecule has 0 unspecified atom stereocenters. The first-order chi connectivity index (χ1) is 7.84. The third-order valence-electron chi connectivity index (χ3n) is 1.85. The van der Waals surface area contributed by atoms with E-state index in [2.05, 4.69) is 14.8 Å². The summed E-state index contributed by atoms with van der Waals surface area (Å²) in [6.07, 6.45) is 2.89. The summed E-state index contributed by atoms with van der Waals surface area (Å²) in [6.45, 7) is 4.00. The van der Waals surface area contributed by atoms with Crippen molar-refractivity contribution in [3.8, 4) is 5.88 Å². The van der Waals surface area contributed by atoms with Crippen LogP contribution in [0.1, 0.15) is 13.3 Å². The zero-order chi connectivity index (χ0) is 11.6. The van der Waals surface area contributed by atoms with Crippen LogP contribution in [-0.2, 0) is 21.9 Å². The smallest absolute Gasteiger partial charge is 0.367 e. The second-order valence-corrected chi connectivity index (χ2v) is 3.15. The minimum atomic E-state index is 0. The van der Waals surface area contributed by atoms with Crippen LogP contribution in [0.3, 0.4) is 0 Å². The Morgan fingerprint density at radius 2 is 2.00 bits per heavy atom. The number of rotatable bonds is 2. The van der Waals surface area contributed by atoms with Crippen LogP contribution in [0.25, 0.3) is 0 Å². The van der Waals surface area contributed by atoms with Crippen LogP contribution < -0.4 is 21.7 Å². The van der Waals surface area contributed by atoms with Crippen LogP contribution in [0, 0.1) is 0 Å². The Balaban J connectivity index is 0.000000316. The van der Waals surface area contributed by atoms with Crippen molar-refractivity contribution >= 4 is 0 Å². The minimum Gasteiger partial charge on any atom is -1.00 e. The summed E-state index contributed by atoms with van der Waals surface area (Å²) in [7, 11) is 1.96. The molecule has 5 nitrogen and oxygen atoms in total. The van der Waals surface area contributed by atoms with Crippen molar-refractivity contribution in [2.24, 2.45) is 7.05 Å². The largest absolute Gasteiger partial charge is 1.00 e. The van der Waals surface area contributed by atoms with Crippen LogP contribution in [0.5, 0.6) is 5.88 Å². The van der Waals surface area contributed by atoms with Crippen LogP contribution >= 0.6 is 0 Å². The Morgan fingerprint density at radius 3 is 2.41 bits per heavy atom. The average Bonchev–Trinajstić information content (AvgIpc) is 2.35. The lowest BCUT2D eigenvalue weighted by atomic mass is 10.5. The molecule has 98 valence electrons. The Bertz CT molecular complexity index is 283. The van der Waals surface area contributed by atoms with E-state index < -0.39 is 0 Å². The molecule has 0 spiro atoms. The second-order valence-electron chi connectivity index (χ2n) is 3.15. The van der Waals surface area contributed by atoms with Crippen molar-refractivity contribution in [2.45, 2.75) is 13.3 Å². The molecule has 1 aromatic rings. The van der Waals surface area contributed by atoms with Gasteiger partial charge in [0.15, 0.2) is 6.20 Å². The molecule has 1 fully saturated rings. The summed E-state index contributed by atoms with van der Waals surface area (Å²) in [4.78, 5) is 8.69. The number of ether oxygens (including phenoxy) is 1. The van der Waals surface area contributed by atoms with Gasteiger partial charge in [-0.05, 0) is 13.0 Å². The predicted octanol–water partition coefficient (Wildman–Crippen LogP) is -1.82. The number of hydrogen-bond acceptors (Lipinski definition) is 4. The first kappa shape index (κ1) is 16.1. The standard InChI is InChI=1S/C8H12NO.C3H6O3.ClH/c1-3-10-8-6-4-5-7-9(8)2;1-2-4-6-5-3-1;/h4-7H,3H2,1-2H3;1-3H2;1H/q+1;;/p-1. The lowest BCUT2D eigenvalue weighted by molar-refractivity contribution is -0.677. The number of halogens is 1. The van der Waals surface area contributed by atoms with Crippen molar-refractivity contribution in [3.63, 3.8) is 0 Å². The van der Waals surface area contributed by atoms with E-state index in [-0.39, 0.29) is 12.4 Å². The van der Waals surface area contributed by atoms with Crippen molar-refractivity contribution in [3.05, 3.63) is 24.4 Å². The van der Waals surface area contributed by atoms with Gasteiger partial charge in [0, 0.05) is 12.5 Å². The maximum absolute atomic E-state index is 5.30. The number of aromatic nitrogens is 1. The molecule has 2 heterocycles. The molecule has 0 atom stereocenters. The Labute approximate surface area is 108 Å². The molecule has 0 N–H and O–H groups in total. The molecular weight excluding hydrogens is 246 g/mol. The van der Waals surface area contributed by atoms with Crippen LogP contribution in [-0.4, -0.2) is 19.8 Å². The lowest BCUT2D eigenvalue weighted by Gasteiger charge is -2.06. The van der Waals surface area contributed by atoms with E-state index in [1.54, 1.807) is 0 Å². The monoisotopic (exact) mass is 263 g/mol. The highest BCUT2D eigenvalue weighted by atomic mass is 35.5. The van der Waals surface area contributed by atoms with E-state index in [0.29, 0.717) is 13.2 Å². The molecule has 0 radical (unpaired) electrons. The number of nitrogens with zero attached hydrogens (tertiary/aromatic N) is 1. The van der Waals surface area contributed by atoms with Gasteiger partial charge in [-0.1, -0.05) is 5.04 Å². The summed E-state index contributed by atoms with van der Waals surface area (Å²) in [5.41, 5.74) is 0. The maximum atomic E-state index is 5.30. The third kappa shape index (κ3) is 7.12. The Hall–Kier alpha value is -0.880. The summed E-state index contributed by atoms with van der Waals surface area (Å²) in [6, 6.07) is 5.89. The van der Waals surface area contributed by atoms with Gasteiger partial charge in [0.25, 0.3) is 0 Å². The second kappa shape index (κ2) is 10.3. The molecule has 0 bridgehead atoms.